The molecule has 15 heteroatoms. The van der Waals surface area contributed by atoms with E-state index < -0.39 is 59.7 Å². The molecule has 57 heavy (non-hydrogen) atoms. The highest BCUT2D eigenvalue weighted by Gasteiger charge is 2.29. The van der Waals surface area contributed by atoms with Crippen LogP contribution in [0.4, 0.5) is 16.2 Å². The Bertz CT molecular complexity index is 1910. The van der Waals surface area contributed by atoms with E-state index in [0.29, 0.717) is 36.3 Å². The molecule has 0 aliphatic carbocycles. The molecule has 2 heterocycles. The molecule has 0 aromatic heterocycles. The van der Waals surface area contributed by atoms with Crippen molar-refractivity contribution in [3.8, 4) is 11.5 Å². The van der Waals surface area contributed by atoms with E-state index >= 15 is 0 Å². The number of ether oxygens (including phenoxy) is 3. The highest BCUT2D eigenvalue weighted by atomic mass is 16.6. The number of amides is 4. The van der Waals surface area contributed by atoms with Gasteiger partial charge in [0.1, 0.15) is 17.6 Å². The molecule has 2 aliphatic heterocycles. The number of nitrogens with one attached hydrogen (secondary N) is 2. The van der Waals surface area contributed by atoms with Gasteiger partial charge in [0.05, 0.1) is 23.6 Å². The number of piperazine rings is 1. The van der Waals surface area contributed by atoms with Crippen LogP contribution in [0, 0.1) is 5.92 Å². The number of primary amides is 1. The summed E-state index contributed by atoms with van der Waals surface area (Å²) >= 11 is 0. The second-order valence-corrected chi connectivity index (χ2v) is 14.5. The number of phenolic OH excluding ortho intramolecular Hbond substituents is 2. The molecule has 7 N–H and O–H groups in total. The average molecular weight is 790 g/mol. The number of hydrogen-bond acceptors (Lipinski definition) is 11. The summed E-state index contributed by atoms with van der Waals surface area (Å²) in [6.07, 6.45) is 3.39. The van der Waals surface area contributed by atoms with Crippen molar-refractivity contribution in [2.75, 3.05) is 51.0 Å². The van der Waals surface area contributed by atoms with Crippen LogP contribution in [0.25, 0.3) is 6.08 Å². The first kappa shape index (κ1) is 44.2. The number of fused-ring (bicyclic) bond motifs is 2. The summed E-state index contributed by atoms with van der Waals surface area (Å²) in [6.45, 7) is 11.8. The SMILES string of the molecule is CO[C@H]1C=CC=C(C)C(=O)Nc2cc(O)c(NC(=O)c3ccc(CN4CCN(C(C)=O)CC4)cc3)c(c2O)C=C(C)C[C@H](OC)[C@H](O)[C@@H](C)C=C(C)[C@@H]1OC(N)=O. The highest BCUT2D eigenvalue weighted by molar-refractivity contribution is 6.09. The van der Waals surface area contributed by atoms with E-state index in [1.54, 1.807) is 58.1 Å². The lowest BCUT2D eigenvalue weighted by Gasteiger charge is -2.34. The molecule has 2 aliphatic rings. The number of allylic oxidation sites excluding steroid dienone is 2. The Kier molecular flexibility index (Phi) is 15.6. The molecule has 308 valence electrons. The number of carbonyl (C=O) groups is 4. The number of rotatable bonds is 7. The number of nitrogens with two attached hydrogens (primary N) is 1. The van der Waals surface area contributed by atoms with Crippen molar-refractivity contribution in [3.05, 3.63) is 88.0 Å². The fourth-order valence-electron chi connectivity index (χ4n) is 6.84. The van der Waals surface area contributed by atoms with Gasteiger partial charge in [0, 0.05) is 82.6 Å². The molecular weight excluding hydrogens is 734 g/mol. The minimum atomic E-state index is -1.06. The van der Waals surface area contributed by atoms with Gasteiger partial charge in [-0.05, 0) is 56.5 Å². The number of benzene rings is 2. The summed E-state index contributed by atoms with van der Waals surface area (Å²) in [6, 6.07) is 8.16. The fourth-order valence-corrected chi connectivity index (χ4v) is 6.84. The van der Waals surface area contributed by atoms with Gasteiger partial charge in [0.25, 0.3) is 11.8 Å². The van der Waals surface area contributed by atoms with Crippen molar-refractivity contribution >= 4 is 41.3 Å². The largest absolute Gasteiger partial charge is 0.506 e. The van der Waals surface area contributed by atoms with Crippen molar-refractivity contribution in [2.45, 2.75) is 72.0 Å². The first-order valence-electron chi connectivity index (χ1n) is 18.7. The monoisotopic (exact) mass is 789 g/mol. The van der Waals surface area contributed by atoms with Gasteiger partial charge >= 0.3 is 6.09 Å². The molecule has 1 fully saturated rings. The maximum absolute atomic E-state index is 13.6. The Morgan fingerprint density at radius 2 is 1.68 bits per heavy atom. The first-order chi connectivity index (χ1) is 27.0. The molecule has 0 spiro atoms. The van der Waals surface area contributed by atoms with E-state index in [1.807, 2.05) is 17.0 Å². The number of methoxy groups -OCH3 is 2. The third-order valence-electron chi connectivity index (χ3n) is 10.2. The zero-order valence-electron chi connectivity index (χ0n) is 33.6. The lowest BCUT2D eigenvalue weighted by atomic mass is 9.91. The molecule has 15 nitrogen and oxygen atoms in total. The van der Waals surface area contributed by atoms with Crippen molar-refractivity contribution in [2.24, 2.45) is 11.7 Å². The number of phenols is 2. The van der Waals surface area contributed by atoms with Crippen LogP contribution in [0.5, 0.6) is 11.5 Å². The highest BCUT2D eigenvalue weighted by Crippen LogP contribution is 2.42. The lowest BCUT2D eigenvalue weighted by Crippen LogP contribution is -2.47. The minimum absolute atomic E-state index is 0.0134. The van der Waals surface area contributed by atoms with Crippen LogP contribution in [0.2, 0.25) is 0 Å². The lowest BCUT2D eigenvalue weighted by molar-refractivity contribution is -0.130. The molecule has 2 aromatic carbocycles. The summed E-state index contributed by atoms with van der Waals surface area (Å²) < 4.78 is 16.7. The first-order valence-corrected chi connectivity index (χ1v) is 18.7. The number of aliphatic hydroxyl groups excluding tert-OH is 1. The second-order valence-electron chi connectivity index (χ2n) is 14.5. The van der Waals surface area contributed by atoms with Crippen LogP contribution in [0.3, 0.4) is 0 Å². The summed E-state index contributed by atoms with van der Waals surface area (Å²) in [7, 11) is 2.87. The van der Waals surface area contributed by atoms with Crippen LogP contribution < -0.4 is 16.4 Å². The van der Waals surface area contributed by atoms with Gasteiger partial charge in [-0.1, -0.05) is 48.9 Å². The van der Waals surface area contributed by atoms with Gasteiger partial charge < -0.3 is 50.8 Å². The van der Waals surface area contributed by atoms with Gasteiger partial charge in [-0.2, -0.15) is 0 Å². The standard InChI is InChI=1S/C42H55N5O10/c1-24-19-31-36(45-41(53)30-13-11-29(12-14-30)23-46-15-17-47(18-16-46)28(5)48)33(49)22-32(38(31)51)44-40(52)25(2)9-8-10-34(55-6)39(57-42(43)54)27(4)21-26(3)37(50)35(20-24)56-7/h8-14,19,21-22,26,34-35,37,39,49-51H,15-18,20,23H2,1-7H3,(H2,43,54)(H,44,52)(H,45,53)/t26-,34-,35-,37+,39-/m0/s1. The van der Waals surface area contributed by atoms with E-state index in [-0.39, 0.29) is 34.8 Å². The minimum Gasteiger partial charge on any atom is -0.506 e. The number of carbonyl (C=O) groups excluding carboxylic acids is 4. The molecule has 5 atom stereocenters. The quantitative estimate of drug-likeness (QED) is 0.129. The van der Waals surface area contributed by atoms with Crippen LogP contribution in [-0.4, -0.2) is 114 Å². The van der Waals surface area contributed by atoms with Gasteiger partial charge in [-0.15, -0.1) is 0 Å². The summed E-state index contributed by atoms with van der Waals surface area (Å²) in [5.41, 5.74) is 7.81. The van der Waals surface area contributed by atoms with Crippen molar-refractivity contribution in [1.29, 1.82) is 0 Å². The van der Waals surface area contributed by atoms with E-state index in [1.165, 1.54) is 33.3 Å². The summed E-state index contributed by atoms with van der Waals surface area (Å²) in [5.74, 6) is -2.47. The zero-order valence-corrected chi connectivity index (χ0v) is 33.6. The molecule has 1 saturated heterocycles. The van der Waals surface area contributed by atoms with E-state index in [0.717, 1.165) is 24.7 Å². The maximum atomic E-state index is 13.6. The second kappa shape index (κ2) is 20.1. The predicted molar refractivity (Wildman–Crippen MR) is 216 cm³/mol. The molecule has 2 bridgehead atoms. The molecule has 0 saturated carbocycles. The van der Waals surface area contributed by atoms with Gasteiger partial charge in [-0.3, -0.25) is 19.3 Å². The third kappa shape index (κ3) is 11.8. The Balaban J connectivity index is 1.69. The van der Waals surface area contributed by atoms with E-state index in [4.69, 9.17) is 19.9 Å². The molecule has 0 unspecified atom stereocenters. The van der Waals surface area contributed by atoms with Gasteiger partial charge in [0.2, 0.25) is 5.91 Å². The fraction of sp³-hybridized carbons (Fsp3) is 0.429. The number of aliphatic hydroxyl groups is 1. The predicted octanol–water partition coefficient (Wildman–Crippen LogP) is 4.70. The van der Waals surface area contributed by atoms with Crippen LogP contribution in [0.1, 0.15) is 62.5 Å². The Morgan fingerprint density at radius 3 is 2.28 bits per heavy atom. The Morgan fingerprint density at radius 1 is 1.02 bits per heavy atom. The average Bonchev–Trinajstić information content (AvgIpc) is 3.17. The number of anilines is 2. The number of hydrogen-bond donors (Lipinski definition) is 6. The normalized spacial score (nSPS) is 22.8. The molecule has 4 amide bonds. The summed E-state index contributed by atoms with van der Waals surface area (Å²) in [5, 5.41) is 39.7. The third-order valence-corrected chi connectivity index (χ3v) is 10.2. The Labute approximate surface area is 333 Å². The van der Waals surface area contributed by atoms with Crippen molar-refractivity contribution < 1.29 is 48.7 Å². The van der Waals surface area contributed by atoms with Crippen molar-refractivity contribution in [1.82, 2.24) is 9.80 Å². The zero-order chi connectivity index (χ0) is 42.0. The molecule has 2 aromatic rings. The number of aromatic hydroxyl groups is 2. The Hall–Kier alpha value is -5.48. The summed E-state index contributed by atoms with van der Waals surface area (Å²) in [4.78, 5) is 54.5. The molecule has 4 rings (SSSR count). The molecular formula is C42H55N5O10. The maximum Gasteiger partial charge on any atom is 0.405 e. The topological polar surface area (TPSA) is 213 Å². The smallest absolute Gasteiger partial charge is 0.405 e. The number of nitrogens with zero attached hydrogens (tertiary/aromatic N) is 2. The molecule has 0 radical (unpaired) electrons. The van der Waals surface area contributed by atoms with E-state index in [2.05, 4.69) is 15.5 Å². The van der Waals surface area contributed by atoms with Crippen LogP contribution in [0.15, 0.2) is 71.4 Å². The van der Waals surface area contributed by atoms with Crippen LogP contribution >= 0.6 is 0 Å². The van der Waals surface area contributed by atoms with Crippen LogP contribution in [-0.2, 0) is 30.3 Å². The van der Waals surface area contributed by atoms with Gasteiger partial charge in [0.15, 0.2) is 6.10 Å². The van der Waals surface area contributed by atoms with Gasteiger partial charge in [-0.25, -0.2) is 4.79 Å². The van der Waals surface area contributed by atoms with Crippen molar-refractivity contribution in [3.63, 3.8) is 0 Å². The van der Waals surface area contributed by atoms with E-state index in [9.17, 15) is 34.5 Å².